The second-order valence-corrected chi connectivity index (χ2v) is 8.52. The number of ether oxygens (including phenoxy) is 2. The van der Waals surface area contributed by atoms with Gasteiger partial charge in [0.25, 0.3) is 10.0 Å². The Morgan fingerprint density at radius 1 is 1.20 bits per heavy atom. The Morgan fingerprint density at radius 2 is 2.10 bits per heavy atom. The molecular formula is C21H18N4O4S. The maximum atomic E-state index is 13.0. The highest BCUT2D eigenvalue weighted by molar-refractivity contribution is 7.92. The van der Waals surface area contributed by atoms with Crippen molar-refractivity contribution in [3.63, 3.8) is 0 Å². The molecule has 1 aliphatic heterocycles. The molecule has 0 spiro atoms. The first-order chi connectivity index (χ1) is 14.5. The molecule has 0 fully saturated rings. The Kier molecular flexibility index (Phi) is 4.32. The van der Waals surface area contributed by atoms with Crippen molar-refractivity contribution in [1.29, 1.82) is 0 Å². The molecule has 5 rings (SSSR count). The molecule has 9 heteroatoms. The number of aromatic nitrogens is 3. The van der Waals surface area contributed by atoms with Crippen LogP contribution in [0.15, 0.2) is 66.0 Å². The molecule has 0 unspecified atom stereocenters. The number of imidazole rings is 1. The summed E-state index contributed by atoms with van der Waals surface area (Å²) in [6, 6.07) is 11.9. The monoisotopic (exact) mass is 422 g/mol. The number of anilines is 1. The summed E-state index contributed by atoms with van der Waals surface area (Å²) in [5.74, 6) is 1.70. The summed E-state index contributed by atoms with van der Waals surface area (Å²) in [6.45, 7) is 0.565. The van der Waals surface area contributed by atoms with E-state index in [1.807, 2.05) is 24.5 Å². The number of fused-ring (bicyclic) bond motifs is 2. The quantitative estimate of drug-likeness (QED) is 0.531. The zero-order chi connectivity index (χ0) is 20.7. The van der Waals surface area contributed by atoms with Crippen LogP contribution in [0.4, 0.5) is 5.69 Å². The van der Waals surface area contributed by atoms with Crippen LogP contribution in [0.5, 0.6) is 11.5 Å². The van der Waals surface area contributed by atoms with E-state index >= 15 is 0 Å². The van der Waals surface area contributed by atoms with E-state index in [2.05, 4.69) is 14.7 Å². The van der Waals surface area contributed by atoms with E-state index < -0.39 is 10.0 Å². The van der Waals surface area contributed by atoms with Gasteiger partial charge in [0.15, 0.2) is 0 Å². The van der Waals surface area contributed by atoms with Crippen LogP contribution in [-0.2, 0) is 16.4 Å². The largest absolute Gasteiger partial charge is 0.495 e. The van der Waals surface area contributed by atoms with E-state index in [4.69, 9.17) is 9.47 Å². The molecule has 2 aromatic heterocycles. The third-order valence-corrected chi connectivity index (χ3v) is 6.31. The van der Waals surface area contributed by atoms with Crippen LogP contribution in [0.2, 0.25) is 0 Å². The molecule has 30 heavy (non-hydrogen) atoms. The smallest absolute Gasteiger partial charge is 0.262 e. The minimum atomic E-state index is -3.81. The lowest BCUT2D eigenvalue weighted by Crippen LogP contribution is -2.14. The van der Waals surface area contributed by atoms with E-state index in [9.17, 15) is 8.42 Å². The highest BCUT2D eigenvalue weighted by Crippen LogP contribution is 2.33. The normalized spacial score (nSPS) is 13.1. The molecule has 1 aliphatic rings. The van der Waals surface area contributed by atoms with E-state index in [0.717, 1.165) is 16.9 Å². The van der Waals surface area contributed by atoms with Crippen LogP contribution in [0.1, 0.15) is 5.56 Å². The molecule has 0 aliphatic carbocycles. The molecule has 2 aromatic carbocycles. The van der Waals surface area contributed by atoms with Crippen molar-refractivity contribution >= 4 is 21.5 Å². The van der Waals surface area contributed by atoms with Gasteiger partial charge in [-0.15, -0.1) is 0 Å². The van der Waals surface area contributed by atoms with E-state index in [1.165, 1.54) is 13.2 Å². The van der Waals surface area contributed by atoms with E-state index in [-0.39, 0.29) is 4.90 Å². The number of hydrogen-bond donors (Lipinski definition) is 1. The van der Waals surface area contributed by atoms with Gasteiger partial charge in [0.1, 0.15) is 11.5 Å². The van der Waals surface area contributed by atoms with Gasteiger partial charge >= 0.3 is 0 Å². The predicted molar refractivity (Wildman–Crippen MR) is 111 cm³/mol. The van der Waals surface area contributed by atoms with Crippen LogP contribution in [0, 0.1) is 0 Å². The molecule has 8 nitrogen and oxygen atoms in total. The molecule has 4 aromatic rings. The average molecular weight is 422 g/mol. The van der Waals surface area contributed by atoms with Gasteiger partial charge < -0.3 is 9.47 Å². The molecule has 0 saturated heterocycles. The molecule has 0 amide bonds. The van der Waals surface area contributed by atoms with Crippen LogP contribution in [0.3, 0.4) is 0 Å². The fourth-order valence-electron chi connectivity index (χ4n) is 3.45. The molecule has 3 heterocycles. The van der Waals surface area contributed by atoms with Gasteiger partial charge in [-0.2, -0.15) is 0 Å². The maximum Gasteiger partial charge on any atom is 0.262 e. The summed E-state index contributed by atoms with van der Waals surface area (Å²) >= 11 is 0. The lowest BCUT2D eigenvalue weighted by molar-refractivity contribution is 0.356. The van der Waals surface area contributed by atoms with Gasteiger partial charge in [-0.25, -0.2) is 18.4 Å². The lowest BCUT2D eigenvalue weighted by Gasteiger charge is -2.13. The number of sulfonamides is 1. The Balaban J connectivity index is 1.52. The van der Waals surface area contributed by atoms with Crippen LogP contribution in [-0.4, -0.2) is 36.5 Å². The predicted octanol–water partition coefficient (Wildman–Crippen LogP) is 3.14. The summed E-state index contributed by atoms with van der Waals surface area (Å²) < 4.78 is 41.3. The zero-order valence-electron chi connectivity index (χ0n) is 16.1. The highest BCUT2D eigenvalue weighted by atomic mass is 32.2. The third-order valence-electron chi connectivity index (χ3n) is 4.95. The van der Waals surface area contributed by atoms with Gasteiger partial charge in [-0.1, -0.05) is 0 Å². The minimum Gasteiger partial charge on any atom is -0.495 e. The van der Waals surface area contributed by atoms with Crippen molar-refractivity contribution in [3.8, 4) is 22.8 Å². The Hall–Kier alpha value is -3.59. The number of methoxy groups -OCH3 is 1. The lowest BCUT2D eigenvalue weighted by atomic mass is 10.1. The SMILES string of the molecule is COc1ccc(-c2cn3cccnc3n2)cc1NS(=O)(=O)c1ccc2c(c1)CCO2. The summed E-state index contributed by atoms with van der Waals surface area (Å²) in [6.07, 6.45) is 6.05. The first-order valence-electron chi connectivity index (χ1n) is 9.30. The average Bonchev–Trinajstić information content (AvgIpc) is 3.39. The van der Waals surface area contributed by atoms with E-state index in [0.29, 0.717) is 35.9 Å². The molecule has 152 valence electrons. The van der Waals surface area contributed by atoms with Crippen molar-refractivity contribution in [2.24, 2.45) is 0 Å². The molecule has 0 atom stereocenters. The number of nitrogens with zero attached hydrogens (tertiary/aromatic N) is 3. The number of rotatable bonds is 5. The van der Waals surface area contributed by atoms with Gasteiger partial charge in [-0.05, 0) is 48.0 Å². The molecule has 0 bridgehead atoms. The van der Waals surface area contributed by atoms with Gasteiger partial charge in [0.2, 0.25) is 5.78 Å². The summed E-state index contributed by atoms with van der Waals surface area (Å²) in [4.78, 5) is 8.89. The number of nitrogens with one attached hydrogen (secondary N) is 1. The molecule has 0 radical (unpaired) electrons. The van der Waals surface area contributed by atoms with Crippen molar-refractivity contribution in [1.82, 2.24) is 14.4 Å². The molecular weight excluding hydrogens is 404 g/mol. The van der Waals surface area contributed by atoms with Crippen LogP contribution >= 0.6 is 0 Å². The zero-order valence-corrected chi connectivity index (χ0v) is 16.9. The Labute approximate surface area is 173 Å². The van der Waals surface area contributed by atoms with Gasteiger partial charge in [0.05, 0.1) is 30.0 Å². The minimum absolute atomic E-state index is 0.177. The van der Waals surface area contributed by atoms with Crippen molar-refractivity contribution in [3.05, 3.63) is 66.6 Å². The van der Waals surface area contributed by atoms with Crippen molar-refractivity contribution in [2.75, 3.05) is 18.4 Å². The number of hydrogen-bond acceptors (Lipinski definition) is 6. The highest BCUT2D eigenvalue weighted by Gasteiger charge is 2.21. The Bertz CT molecular complexity index is 1330. The van der Waals surface area contributed by atoms with Crippen LogP contribution in [0.25, 0.3) is 17.0 Å². The first-order valence-corrected chi connectivity index (χ1v) is 10.8. The Morgan fingerprint density at radius 3 is 2.93 bits per heavy atom. The maximum absolute atomic E-state index is 13.0. The summed E-state index contributed by atoms with van der Waals surface area (Å²) in [5.41, 5.74) is 2.63. The fraction of sp³-hybridized carbons (Fsp3) is 0.143. The summed E-state index contributed by atoms with van der Waals surface area (Å²) in [7, 11) is -2.32. The molecule has 0 saturated carbocycles. The van der Waals surface area contributed by atoms with Gasteiger partial charge in [-0.3, -0.25) is 9.12 Å². The third kappa shape index (κ3) is 3.22. The number of benzene rings is 2. The standard InChI is InChI=1S/C21H18N4O4S/c1-28-20-5-3-14(18-13-25-9-2-8-22-21(25)23-18)12-17(20)24-30(26,27)16-4-6-19-15(11-16)7-10-29-19/h2-6,8-9,11-13,24H,7,10H2,1H3. The fourth-order valence-corrected chi connectivity index (χ4v) is 4.56. The van der Waals surface area contributed by atoms with E-state index in [1.54, 1.807) is 34.9 Å². The van der Waals surface area contributed by atoms with Gasteiger partial charge in [0, 0.05) is 30.6 Å². The topological polar surface area (TPSA) is 94.8 Å². The summed E-state index contributed by atoms with van der Waals surface area (Å²) in [5, 5.41) is 0. The van der Waals surface area contributed by atoms with Crippen LogP contribution < -0.4 is 14.2 Å². The second kappa shape index (κ2) is 7.03. The van der Waals surface area contributed by atoms with Crippen molar-refractivity contribution in [2.45, 2.75) is 11.3 Å². The van der Waals surface area contributed by atoms with Crippen molar-refractivity contribution < 1.29 is 17.9 Å². The second-order valence-electron chi connectivity index (χ2n) is 6.84. The first kappa shape index (κ1) is 18.4. The molecule has 1 N–H and O–H groups in total.